The van der Waals surface area contributed by atoms with Crippen LogP contribution < -0.4 is 5.32 Å². The lowest BCUT2D eigenvalue weighted by molar-refractivity contribution is -0.140. The molecule has 1 atom stereocenters. The molecule has 4 nitrogen and oxygen atoms in total. The molecule has 0 aromatic heterocycles. The normalized spacial score (nSPS) is 11.7. The minimum atomic E-state index is -0.801. The molecule has 8 heteroatoms. The van der Waals surface area contributed by atoms with Crippen molar-refractivity contribution < 1.29 is 9.59 Å². The quantitative estimate of drug-likeness (QED) is 0.246. The molecular formula is C28H28Cl4N2O2. The number of unbranched alkanes of at least 4 members (excludes halogenated alkanes) is 1. The van der Waals surface area contributed by atoms with Gasteiger partial charge in [0.2, 0.25) is 11.8 Å². The van der Waals surface area contributed by atoms with Gasteiger partial charge in [-0.1, -0.05) is 102 Å². The molecule has 0 aliphatic heterocycles. The van der Waals surface area contributed by atoms with Crippen LogP contribution in [0.4, 0.5) is 0 Å². The highest BCUT2D eigenvalue weighted by Gasteiger charge is 2.31. The van der Waals surface area contributed by atoms with E-state index in [0.29, 0.717) is 44.2 Å². The van der Waals surface area contributed by atoms with E-state index in [1.165, 1.54) is 4.90 Å². The van der Waals surface area contributed by atoms with Gasteiger partial charge in [0.1, 0.15) is 6.04 Å². The van der Waals surface area contributed by atoms with Gasteiger partial charge in [0.15, 0.2) is 0 Å². The maximum absolute atomic E-state index is 13.9. The van der Waals surface area contributed by atoms with E-state index >= 15 is 0 Å². The molecule has 3 aromatic rings. The van der Waals surface area contributed by atoms with E-state index in [1.54, 1.807) is 36.4 Å². The molecule has 0 saturated carbocycles. The number of carbonyl (C=O) groups is 2. The van der Waals surface area contributed by atoms with Gasteiger partial charge in [-0.15, -0.1) is 0 Å². The van der Waals surface area contributed by atoms with Gasteiger partial charge in [-0.05, 0) is 41.8 Å². The van der Waals surface area contributed by atoms with Crippen LogP contribution in [0.15, 0.2) is 66.7 Å². The summed E-state index contributed by atoms with van der Waals surface area (Å²) in [5, 5.41) is 4.60. The summed E-state index contributed by atoms with van der Waals surface area (Å²) in [5.74, 6) is -0.554. The first-order chi connectivity index (χ1) is 17.3. The first-order valence-electron chi connectivity index (χ1n) is 11.8. The van der Waals surface area contributed by atoms with Gasteiger partial charge < -0.3 is 10.2 Å². The van der Waals surface area contributed by atoms with Crippen LogP contribution in [0.25, 0.3) is 0 Å². The number of amides is 2. The van der Waals surface area contributed by atoms with Gasteiger partial charge in [0.05, 0.1) is 6.42 Å². The maximum Gasteiger partial charge on any atom is 0.243 e. The van der Waals surface area contributed by atoms with Gasteiger partial charge >= 0.3 is 0 Å². The Morgan fingerprint density at radius 2 is 1.36 bits per heavy atom. The summed E-state index contributed by atoms with van der Waals surface area (Å²) >= 11 is 25.7. The lowest BCUT2D eigenvalue weighted by atomic mass is 10.0. The molecule has 1 unspecified atom stereocenters. The Hall–Kier alpha value is -2.24. The molecule has 0 radical (unpaired) electrons. The number of hydrogen-bond acceptors (Lipinski definition) is 2. The fraction of sp³-hybridized carbons (Fsp3) is 0.286. The summed E-state index contributed by atoms with van der Waals surface area (Å²) in [5.41, 5.74) is 2.00. The zero-order valence-electron chi connectivity index (χ0n) is 19.9. The Morgan fingerprint density at radius 3 is 1.92 bits per heavy atom. The zero-order chi connectivity index (χ0) is 26.1. The molecule has 0 aliphatic carbocycles. The Balaban J connectivity index is 2.03. The summed E-state index contributed by atoms with van der Waals surface area (Å²) in [6.07, 6.45) is 2.02. The van der Waals surface area contributed by atoms with Gasteiger partial charge in [-0.2, -0.15) is 0 Å². The summed E-state index contributed by atoms with van der Waals surface area (Å²) in [7, 11) is 0. The molecule has 0 spiro atoms. The van der Waals surface area contributed by atoms with Gasteiger partial charge in [0.25, 0.3) is 0 Å². The predicted molar refractivity (Wildman–Crippen MR) is 149 cm³/mol. The molecule has 0 bridgehead atoms. The van der Waals surface area contributed by atoms with Gasteiger partial charge in [-0.25, -0.2) is 0 Å². The molecule has 0 aliphatic rings. The maximum atomic E-state index is 13.9. The summed E-state index contributed by atoms with van der Waals surface area (Å²) < 4.78 is 0. The standard InChI is InChI=1S/C28H28Cl4N2O2/c1-2-3-15-33-28(36)26(16-19-9-5-4-6-10-19)34(18-21-24(31)13-8-14-25(21)32)27(35)17-20-22(29)11-7-12-23(20)30/h4-14,26H,2-3,15-18H2,1H3,(H,33,36). The van der Waals surface area contributed by atoms with E-state index in [0.717, 1.165) is 18.4 Å². The number of nitrogens with one attached hydrogen (secondary N) is 1. The number of benzene rings is 3. The highest BCUT2D eigenvalue weighted by atomic mass is 35.5. The molecule has 0 heterocycles. The topological polar surface area (TPSA) is 49.4 Å². The van der Waals surface area contributed by atoms with Crippen LogP contribution in [0.5, 0.6) is 0 Å². The van der Waals surface area contributed by atoms with E-state index < -0.39 is 6.04 Å². The lowest BCUT2D eigenvalue weighted by Gasteiger charge is -2.32. The molecule has 3 rings (SSSR count). The SMILES string of the molecule is CCCCNC(=O)C(Cc1ccccc1)N(Cc1c(Cl)cccc1Cl)C(=O)Cc1c(Cl)cccc1Cl. The molecule has 3 aromatic carbocycles. The van der Waals surface area contributed by atoms with Crippen molar-refractivity contribution in [1.82, 2.24) is 10.2 Å². The minimum Gasteiger partial charge on any atom is -0.354 e. The second-order valence-electron chi connectivity index (χ2n) is 8.45. The fourth-order valence-corrected chi connectivity index (χ4v) is 4.92. The minimum absolute atomic E-state index is 0.0537. The molecule has 0 saturated heterocycles. The summed E-state index contributed by atoms with van der Waals surface area (Å²) in [6, 6.07) is 19.0. The van der Waals surface area contributed by atoms with Crippen molar-refractivity contribution in [3.63, 3.8) is 0 Å². The van der Waals surface area contributed by atoms with Crippen molar-refractivity contribution in [3.05, 3.63) is 104 Å². The van der Waals surface area contributed by atoms with E-state index in [1.807, 2.05) is 30.3 Å². The van der Waals surface area contributed by atoms with Crippen molar-refractivity contribution in [2.24, 2.45) is 0 Å². The largest absolute Gasteiger partial charge is 0.354 e. The fourth-order valence-electron chi connectivity index (χ4n) is 3.87. The van der Waals surface area contributed by atoms with Crippen molar-refractivity contribution in [2.45, 2.75) is 45.2 Å². The first-order valence-corrected chi connectivity index (χ1v) is 13.3. The van der Waals surface area contributed by atoms with E-state index in [2.05, 4.69) is 12.2 Å². The number of hydrogen-bond donors (Lipinski definition) is 1. The van der Waals surface area contributed by atoms with Crippen molar-refractivity contribution in [3.8, 4) is 0 Å². The lowest BCUT2D eigenvalue weighted by Crippen LogP contribution is -2.51. The third-order valence-electron chi connectivity index (χ3n) is 5.88. The van der Waals surface area contributed by atoms with Crippen LogP contribution in [0, 0.1) is 0 Å². The molecule has 190 valence electrons. The van der Waals surface area contributed by atoms with Crippen LogP contribution in [-0.4, -0.2) is 29.3 Å². The molecule has 0 fully saturated rings. The van der Waals surface area contributed by atoms with Crippen molar-refractivity contribution in [2.75, 3.05) is 6.54 Å². The van der Waals surface area contributed by atoms with Crippen molar-refractivity contribution in [1.29, 1.82) is 0 Å². The van der Waals surface area contributed by atoms with Crippen molar-refractivity contribution >= 4 is 58.2 Å². The average molecular weight is 566 g/mol. The van der Waals surface area contributed by atoms with Gasteiger partial charge in [-0.3, -0.25) is 9.59 Å². The van der Waals surface area contributed by atoms with Gasteiger partial charge in [0, 0.05) is 45.2 Å². The smallest absolute Gasteiger partial charge is 0.243 e. The Labute approximate surface area is 232 Å². The van der Waals surface area contributed by atoms with E-state index in [9.17, 15) is 9.59 Å². The third kappa shape index (κ3) is 7.63. The zero-order valence-corrected chi connectivity index (χ0v) is 23.0. The highest BCUT2D eigenvalue weighted by Crippen LogP contribution is 2.29. The number of halogens is 4. The van der Waals surface area contributed by atoms with Crippen LogP contribution in [-0.2, 0) is 29.0 Å². The summed E-state index contributed by atoms with van der Waals surface area (Å²) in [4.78, 5) is 28.9. The Morgan fingerprint density at radius 1 is 0.806 bits per heavy atom. The summed E-state index contributed by atoms with van der Waals surface area (Å²) in [6.45, 7) is 2.63. The second-order valence-corrected chi connectivity index (χ2v) is 10.1. The second kappa shape index (κ2) is 13.9. The number of rotatable bonds is 11. The van der Waals surface area contributed by atoms with Crippen LogP contribution >= 0.6 is 46.4 Å². The molecular weight excluding hydrogens is 538 g/mol. The highest BCUT2D eigenvalue weighted by molar-refractivity contribution is 6.36. The van der Waals surface area contributed by atoms with E-state index in [4.69, 9.17) is 46.4 Å². The van der Waals surface area contributed by atoms with Crippen LogP contribution in [0.3, 0.4) is 0 Å². The molecule has 1 N–H and O–H groups in total. The predicted octanol–water partition coefficient (Wildman–Crippen LogP) is 7.40. The average Bonchev–Trinajstić information content (AvgIpc) is 2.86. The Bertz CT molecular complexity index is 1150. The van der Waals surface area contributed by atoms with E-state index in [-0.39, 0.29) is 24.8 Å². The van der Waals surface area contributed by atoms with Crippen LogP contribution in [0.2, 0.25) is 20.1 Å². The number of nitrogens with zero attached hydrogens (tertiary/aromatic N) is 1. The Kier molecular flexibility index (Phi) is 10.9. The first kappa shape index (κ1) is 28.3. The monoisotopic (exact) mass is 564 g/mol. The number of carbonyl (C=O) groups excluding carboxylic acids is 2. The molecule has 2 amide bonds. The third-order valence-corrected chi connectivity index (χ3v) is 7.30. The van der Waals surface area contributed by atoms with Crippen LogP contribution in [0.1, 0.15) is 36.5 Å². The molecule has 36 heavy (non-hydrogen) atoms.